The Hall–Kier alpha value is -2.80. The first-order valence-electron chi connectivity index (χ1n) is 8.31. The quantitative estimate of drug-likeness (QED) is 0.402. The molecule has 1 heterocycles. The Bertz CT molecular complexity index is 1010. The van der Waals surface area contributed by atoms with Gasteiger partial charge in [0.15, 0.2) is 0 Å². The monoisotopic (exact) mass is 312 g/mol. The van der Waals surface area contributed by atoms with Crippen LogP contribution in [0.25, 0.3) is 33.4 Å². The van der Waals surface area contributed by atoms with Crippen molar-refractivity contribution in [3.8, 4) is 22.5 Å². The lowest BCUT2D eigenvalue weighted by Crippen LogP contribution is -1.88. The highest BCUT2D eigenvalue weighted by molar-refractivity contribution is 6.04. The van der Waals surface area contributed by atoms with Crippen LogP contribution in [0.15, 0.2) is 71.1 Å². The molecule has 0 amide bonds. The van der Waals surface area contributed by atoms with E-state index in [-0.39, 0.29) is 0 Å². The van der Waals surface area contributed by atoms with Crippen molar-refractivity contribution in [2.45, 2.75) is 20.8 Å². The Morgan fingerprint density at radius 1 is 0.667 bits per heavy atom. The second kappa shape index (κ2) is 5.68. The molecule has 0 unspecified atom stereocenters. The van der Waals surface area contributed by atoms with E-state index in [1.165, 1.54) is 33.2 Å². The van der Waals surface area contributed by atoms with Gasteiger partial charge in [0.05, 0.1) is 0 Å². The fourth-order valence-corrected chi connectivity index (χ4v) is 3.38. The number of hydrogen-bond acceptors (Lipinski definition) is 1. The van der Waals surface area contributed by atoms with Crippen molar-refractivity contribution in [1.29, 1.82) is 0 Å². The molecule has 0 aliphatic rings. The van der Waals surface area contributed by atoms with Crippen molar-refractivity contribution in [2.75, 3.05) is 0 Å². The molecule has 4 rings (SSSR count). The van der Waals surface area contributed by atoms with Gasteiger partial charge < -0.3 is 4.42 Å². The average molecular weight is 312 g/mol. The number of fused-ring (bicyclic) bond motifs is 1. The number of aryl methyl sites for hydroxylation is 2. The highest BCUT2D eigenvalue weighted by Gasteiger charge is 2.20. The molecule has 0 atom stereocenters. The first-order valence-corrected chi connectivity index (χ1v) is 8.31. The van der Waals surface area contributed by atoms with E-state index in [1.807, 2.05) is 6.07 Å². The maximum absolute atomic E-state index is 6.36. The normalized spacial score (nSPS) is 11.1. The van der Waals surface area contributed by atoms with Crippen LogP contribution in [0.2, 0.25) is 0 Å². The molecule has 0 saturated heterocycles. The molecule has 0 fully saturated rings. The van der Waals surface area contributed by atoms with Crippen molar-refractivity contribution in [3.63, 3.8) is 0 Å². The van der Waals surface area contributed by atoms with E-state index in [9.17, 15) is 0 Å². The van der Waals surface area contributed by atoms with Gasteiger partial charge in [-0.15, -0.1) is 0 Å². The van der Waals surface area contributed by atoms with E-state index in [4.69, 9.17) is 4.42 Å². The molecule has 0 aliphatic heterocycles. The maximum Gasteiger partial charge on any atom is 0.143 e. The lowest BCUT2D eigenvalue weighted by molar-refractivity contribution is 0.632. The molecule has 118 valence electrons. The molecular formula is C23H20O. The van der Waals surface area contributed by atoms with E-state index in [1.54, 1.807) is 0 Å². The Balaban J connectivity index is 2.15. The summed E-state index contributed by atoms with van der Waals surface area (Å²) in [5.41, 5.74) is 8.37. The van der Waals surface area contributed by atoms with Crippen LogP contribution in [-0.2, 0) is 0 Å². The Morgan fingerprint density at radius 2 is 1.25 bits per heavy atom. The smallest absolute Gasteiger partial charge is 0.143 e. The van der Waals surface area contributed by atoms with Gasteiger partial charge in [0.2, 0.25) is 0 Å². The Morgan fingerprint density at radius 3 is 1.88 bits per heavy atom. The first kappa shape index (κ1) is 14.8. The zero-order valence-corrected chi connectivity index (χ0v) is 14.3. The van der Waals surface area contributed by atoms with E-state index in [0.717, 1.165) is 16.9 Å². The van der Waals surface area contributed by atoms with Gasteiger partial charge >= 0.3 is 0 Å². The van der Waals surface area contributed by atoms with Crippen molar-refractivity contribution < 1.29 is 4.42 Å². The Kier molecular flexibility index (Phi) is 3.50. The SMILES string of the molecule is Cc1cc2oc(-c3ccccc3)c(-c3ccccc3)c2c(C)c1C. The van der Waals surface area contributed by atoms with Crippen LogP contribution in [0.5, 0.6) is 0 Å². The minimum atomic E-state index is 0.949. The summed E-state index contributed by atoms with van der Waals surface area (Å²) in [4.78, 5) is 0. The fourth-order valence-electron chi connectivity index (χ4n) is 3.38. The van der Waals surface area contributed by atoms with Gasteiger partial charge in [-0.25, -0.2) is 0 Å². The van der Waals surface area contributed by atoms with E-state index in [2.05, 4.69) is 81.4 Å². The van der Waals surface area contributed by atoms with Gasteiger partial charge in [-0.3, -0.25) is 0 Å². The minimum Gasteiger partial charge on any atom is -0.455 e. The van der Waals surface area contributed by atoms with E-state index < -0.39 is 0 Å². The summed E-state index contributed by atoms with van der Waals surface area (Å²) < 4.78 is 6.36. The third-order valence-corrected chi connectivity index (χ3v) is 4.91. The molecule has 0 spiro atoms. The molecule has 4 aromatic rings. The molecule has 0 saturated carbocycles. The van der Waals surface area contributed by atoms with Gasteiger partial charge in [-0.2, -0.15) is 0 Å². The summed E-state index contributed by atoms with van der Waals surface area (Å²) in [6.07, 6.45) is 0. The van der Waals surface area contributed by atoms with Gasteiger partial charge in [0.1, 0.15) is 11.3 Å². The van der Waals surface area contributed by atoms with Gasteiger partial charge in [0, 0.05) is 16.5 Å². The molecule has 0 aliphatic carbocycles. The summed E-state index contributed by atoms with van der Waals surface area (Å²) in [5, 5.41) is 1.23. The van der Waals surface area contributed by atoms with Crippen LogP contribution in [0, 0.1) is 20.8 Å². The predicted molar refractivity (Wildman–Crippen MR) is 101 cm³/mol. The Labute approximate surface area is 142 Å². The highest BCUT2D eigenvalue weighted by atomic mass is 16.3. The highest BCUT2D eigenvalue weighted by Crippen LogP contribution is 2.43. The molecule has 1 aromatic heterocycles. The minimum absolute atomic E-state index is 0.949. The molecular weight excluding hydrogens is 292 g/mol. The number of furan rings is 1. The summed E-state index contributed by atoms with van der Waals surface area (Å²) >= 11 is 0. The third-order valence-electron chi connectivity index (χ3n) is 4.91. The van der Waals surface area contributed by atoms with Crippen LogP contribution in [0.1, 0.15) is 16.7 Å². The van der Waals surface area contributed by atoms with Crippen molar-refractivity contribution >= 4 is 11.0 Å². The van der Waals surface area contributed by atoms with E-state index >= 15 is 0 Å². The van der Waals surface area contributed by atoms with Crippen molar-refractivity contribution in [2.24, 2.45) is 0 Å². The van der Waals surface area contributed by atoms with Crippen LogP contribution in [0.4, 0.5) is 0 Å². The zero-order valence-electron chi connectivity index (χ0n) is 14.3. The van der Waals surface area contributed by atoms with Crippen molar-refractivity contribution in [1.82, 2.24) is 0 Å². The second-order valence-corrected chi connectivity index (χ2v) is 6.35. The van der Waals surface area contributed by atoms with E-state index in [0.29, 0.717) is 0 Å². The number of hydrogen-bond donors (Lipinski definition) is 0. The average Bonchev–Trinajstić information content (AvgIpc) is 3.00. The topological polar surface area (TPSA) is 13.1 Å². The number of benzene rings is 3. The fraction of sp³-hybridized carbons (Fsp3) is 0.130. The van der Waals surface area contributed by atoms with Gasteiger partial charge in [-0.05, 0) is 49.1 Å². The first-order chi connectivity index (χ1) is 11.7. The zero-order chi connectivity index (χ0) is 16.7. The molecule has 0 bridgehead atoms. The molecule has 3 aromatic carbocycles. The molecule has 1 nitrogen and oxygen atoms in total. The summed E-state index contributed by atoms with van der Waals surface area (Å²) in [6, 6.07) is 23.1. The third kappa shape index (κ3) is 2.25. The summed E-state index contributed by atoms with van der Waals surface area (Å²) in [5.74, 6) is 0.949. The van der Waals surface area contributed by atoms with Crippen LogP contribution < -0.4 is 0 Å². The molecule has 0 radical (unpaired) electrons. The largest absolute Gasteiger partial charge is 0.455 e. The predicted octanol–water partition coefficient (Wildman–Crippen LogP) is 6.69. The summed E-state index contributed by atoms with van der Waals surface area (Å²) in [6.45, 7) is 6.53. The van der Waals surface area contributed by atoms with Crippen molar-refractivity contribution in [3.05, 3.63) is 83.4 Å². The molecule has 24 heavy (non-hydrogen) atoms. The second-order valence-electron chi connectivity index (χ2n) is 6.35. The van der Waals surface area contributed by atoms with Crippen LogP contribution >= 0.6 is 0 Å². The lowest BCUT2D eigenvalue weighted by atomic mass is 9.93. The summed E-state index contributed by atoms with van der Waals surface area (Å²) in [7, 11) is 0. The van der Waals surface area contributed by atoms with Crippen LogP contribution in [0.3, 0.4) is 0 Å². The van der Waals surface area contributed by atoms with Crippen LogP contribution in [-0.4, -0.2) is 0 Å². The van der Waals surface area contributed by atoms with Gasteiger partial charge in [0.25, 0.3) is 0 Å². The number of rotatable bonds is 2. The standard InChI is InChI=1S/C23H20O/c1-15-14-20-21(17(3)16(15)2)22(18-10-6-4-7-11-18)23(24-20)19-12-8-5-9-13-19/h4-14H,1-3H3. The van der Waals surface area contributed by atoms with Gasteiger partial charge in [-0.1, -0.05) is 60.7 Å². The lowest BCUT2D eigenvalue weighted by Gasteiger charge is -2.08. The molecule has 1 heteroatoms. The maximum atomic E-state index is 6.36. The molecule has 0 N–H and O–H groups in total.